The molecule has 3 nitrogen and oxygen atoms in total. The zero-order chi connectivity index (χ0) is 9.40. The predicted molar refractivity (Wildman–Crippen MR) is 50.9 cm³/mol. The number of hydrogen-bond acceptors (Lipinski definition) is 2. The van der Waals surface area contributed by atoms with Gasteiger partial charge in [0.1, 0.15) is 0 Å². The molecule has 66 valence electrons. The van der Waals surface area contributed by atoms with Gasteiger partial charge >= 0.3 is 0 Å². The van der Waals surface area contributed by atoms with Crippen molar-refractivity contribution in [3.8, 4) is 0 Å². The van der Waals surface area contributed by atoms with Gasteiger partial charge in [0.2, 0.25) is 5.91 Å². The van der Waals surface area contributed by atoms with Crippen LogP contribution in [0.4, 0.5) is 0 Å². The molecule has 0 saturated heterocycles. The molecule has 0 aliphatic heterocycles. The number of amides is 1. The fourth-order valence-corrected chi connectivity index (χ4v) is 0.623. The highest BCUT2D eigenvalue weighted by molar-refractivity contribution is 5.75. The van der Waals surface area contributed by atoms with Crippen molar-refractivity contribution in [3.63, 3.8) is 0 Å². The van der Waals surface area contributed by atoms with E-state index in [0.29, 0.717) is 0 Å². The normalized spacial score (nSPS) is 12.8. The van der Waals surface area contributed by atoms with Crippen LogP contribution in [0.3, 0.4) is 0 Å². The number of carbonyl (C=O) groups excluding carboxylic acids is 1. The van der Waals surface area contributed by atoms with Crippen LogP contribution < -0.4 is 5.32 Å². The average molecular weight is 166 g/mol. The Labute approximate surface area is 72.9 Å². The van der Waals surface area contributed by atoms with Gasteiger partial charge in [-0.25, -0.2) is 0 Å². The first-order chi connectivity index (χ1) is 5.70. The summed E-state index contributed by atoms with van der Waals surface area (Å²) in [5.74, 6) is -0.0757. The summed E-state index contributed by atoms with van der Waals surface area (Å²) < 4.78 is 0. The van der Waals surface area contributed by atoms with Gasteiger partial charge in [-0.3, -0.25) is 9.79 Å². The molecule has 0 aromatic heterocycles. The number of carbonyl (C=O) groups is 1. The lowest BCUT2D eigenvalue weighted by molar-refractivity contribution is -0.118. The van der Waals surface area contributed by atoms with Crippen LogP contribution in [0.5, 0.6) is 0 Å². The Morgan fingerprint density at radius 3 is 2.50 bits per heavy atom. The molecule has 0 atom stereocenters. The molecule has 0 bridgehead atoms. The zero-order valence-electron chi connectivity index (χ0n) is 7.66. The maximum Gasteiger partial charge on any atom is 0.221 e. The van der Waals surface area contributed by atoms with Gasteiger partial charge in [-0.15, -0.1) is 0 Å². The van der Waals surface area contributed by atoms with Gasteiger partial charge in [0, 0.05) is 25.0 Å². The van der Waals surface area contributed by atoms with Crippen LogP contribution in [-0.4, -0.2) is 12.1 Å². The molecule has 0 radical (unpaired) electrons. The fourth-order valence-electron chi connectivity index (χ4n) is 0.623. The van der Waals surface area contributed by atoms with Crippen LogP contribution in [0.15, 0.2) is 29.0 Å². The van der Waals surface area contributed by atoms with Crippen molar-refractivity contribution in [1.82, 2.24) is 5.32 Å². The Balaban J connectivity index is 4.10. The Kier molecular flexibility index (Phi) is 5.61. The third kappa shape index (κ3) is 5.41. The molecule has 0 rings (SSSR count). The SMILES string of the molecule is CC=N/C=C\C(=C/C)NC(C)=O. The van der Waals surface area contributed by atoms with Crippen molar-refractivity contribution in [2.75, 3.05) is 0 Å². The van der Waals surface area contributed by atoms with E-state index >= 15 is 0 Å². The molecule has 0 aromatic carbocycles. The summed E-state index contributed by atoms with van der Waals surface area (Å²) in [4.78, 5) is 14.5. The van der Waals surface area contributed by atoms with Crippen molar-refractivity contribution >= 4 is 12.1 Å². The number of nitrogens with one attached hydrogen (secondary N) is 1. The van der Waals surface area contributed by atoms with Crippen LogP contribution in [0.2, 0.25) is 0 Å². The van der Waals surface area contributed by atoms with Gasteiger partial charge in [0.15, 0.2) is 0 Å². The van der Waals surface area contributed by atoms with Crippen molar-refractivity contribution < 1.29 is 4.79 Å². The molecule has 12 heavy (non-hydrogen) atoms. The average Bonchev–Trinajstić information content (AvgIpc) is 2.02. The third-order valence-electron chi connectivity index (χ3n) is 1.12. The lowest BCUT2D eigenvalue weighted by Crippen LogP contribution is -2.17. The molecule has 0 heterocycles. The molecule has 0 fully saturated rings. The Bertz CT molecular complexity index is 227. The molecule has 0 aliphatic carbocycles. The van der Waals surface area contributed by atoms with E-state index in [1.807, 2.05) is 19.9 Å². The summed E-state index contributed by atoms with van der Waals surface area (Å²) in [5, 5.41) is 2.65. The summed E-state index contributed by atoms with van der Waals surface area (Å²) in [6.45, 7) is 5.16. The van der Waals surface area contributed by atoms with E-state index in [4.69, 9.17) is 0 Å². The van der Waals surface area contributed by atoms with Gasteiger partial charge in [-0.2, -0.15) is 0 Å². The second kappa shape index (κ2) is 6.34. The molecule has 0 saturated carbocycles. The monoisotopic (exact) mass is 166 g/mol. The summed E-state index contributed by atoms with van der Waals surface area (Å²) in [6.07, 6.45) is 6.85. The van der Waals surface area contributed by atoms with Crippen molar-refractivity contribution in [1.29, 1.82) is 0 Å². The van der Waals surface area contributed by atoms with E-state index in [9.17, 15) is 4.79 Å². The molecule has 1 amide bonds. The first kappa shape index (κ1) is 10.6. The largest absolute Gasteiger partial charge is 0.327 e. The number of hydrogen-bond donors (Lipinski definition) is 1. The highest BCUT2D eigenvalue weighted by Crippen LogP contribution is 1.91. The topological polar surface area (TPSA) is 41.5 Å². The number of nitrogens with zero attached hydrogens (tertiary/aromatic N) is 1. The van der Waals surface area contributed by atoms with Crippen molar-refractivity contribution in [2.24, 2.45) is 4.99 Å². The number of allylic oxidation sites excluding steroid dienone is 2. The van der Waals surface area contributed by atoms with E-state index in [1.54, 1.807) is 18.5 Å². The highest BCUT2D eigenvalue weighted by atomic mass is 16.1. The molecule has 0 unspecified atom stereocenters. The molecule has 0 aliphatic rings. The first-order valence-electron chi connectivity index (χ1n) is 3.79. The van der Waals surface area contributed by atoms with Crippen LogP contribution in [-0.2, 0) is 4.79 Å². The van der Waals surface area contributed by atoms with Crippen LogP contribution in [0.1, 0.15) is 20.8 Å². The minimum absolute atomic E-state index is 0.0757. The maximum absolute atomic E-state index is 10.6. The molecule has 0 aromatic rings. The van der Waals surface area contributed by atoms with Gasteiger partial charge < -0.3 is 5.32 Å². The van der Waals surface area contributed by atoms with Crippen LogP contribution in [0, 0.1) is 0 Å². The minimum atomic E-state index is -0.0757. The van der Waals surface area contributed by atoms with Gasteiger partial charge in [-0.05, 0) is 19.9 Å². The van der Waals surface area contributed by atoms with E-state index in [2.05, 4.69) is 10.3 Å². The summed E-state index contributed by atoms with van der Waals surface area (Å²) in [5.41, 5.74) is 0.758. The molecular formula is C9H14N2O. The number of aliphatic imine (C=N–C) groups is 1. The van der Waals surface area contributed by atoms with Gasteiger partial charge in [-0.1, -0.05) is 6.08 Å². The smallest absolute Gasteiger partial charge is 0.221 e. The first-order valence-corrected chi connectivity index (χ1v) is 3.79. The second-order valence-electron chi connectivity index (χ2n) is 2.15. The lowest BCUT2D eigenvalue weighted by Gasteiger charge is -1.99. The Morgan fingerprint density at radius 2 is 2.08 bits per heavy atom. The van der Waals surface area contributed by atoms with Crippen LogP contribution >= 0.6 is 0 Å². The van der Waals surface area contributed by atoms with Crippen molar-refractivity contribution in [2.45, 2.75) is 20.8 Å². The van der Waals surface area contributed by atoms with E-state index in [1.165, 1.54) is 6.92 Å². The number of rotatable bonds is 3. The van der Waals surface area contributed by atoms with E-state index in [0.717, 1.165) is 5.70 Å². The lowest BCUT2D eigenvalue weighted by atomic mass is 10.4. The molecule has 3 heteroatoms. The van der Waals surface area contributed by atoms with E-state index in [-0.39, 0.29) is 5.91 Å². The standard InChI is InChI=1S/C9H14N2O/c1-4-9(11-8(3)12)6-7-10-5-2/h4-7H,1-3H3,(H,11,12)/b7-6-,9-4+,10-5?. The zero-order valence-corrected chi connectivity index (χ0v) is 7.66. The second-order valence-corrected chi connectivity index (χ2v) is 2.15. The summed E-state index contributed by atoms with van der Waals surface area (Å²) in [7, 11) is 0. The maximum atomic E-state index is 10.6. The van der Waals surface area contributed by atoms with Gasteiger partial charge in [0.05, 0.1) is 0 Å². The van der Waals surface area contributed by atoms with Gasteiger partial charge in [0.25, 0.3) is 0 Å². The van der Waals surface area contributed by atoms with E-state index < -0.39 is 0 Å². The summed E-state index contributed by atoms with van der Waals surface area (Å²) >= 11 is 0. The predicted octanol–water partition coefficient (Wildman–Crippen LogP) is 1.63. The fraction of sp³-hybridized carbons (Fsp3) is 0.333. The van der Waals surface area contributed by atoms with Crippen LogP contribution in [0.25, 0.3) is 0 Å². The quantitative estimate of drug-likeness (QED) is 0.502. The Morgan fingerprint density at radius 1 is 1.42 bits per heavy atom. The van der Waals surface area contributed by atoms with Crippen molar-refractivity contribution in [3.05, 3.63) is 24.0 Å². The highest BCUT2D eigenvalue weighted by Gasteiger charge is 1.91. The molecule has 1 N–H and O–H groups in total. The molecule has 0 spiro atoms. The summed E-state index contributed by atoms with van der Waals surface area (Å²) in [6, 6.07) is 0. The molecular weight excluding hydrogens is 152 g/mol. The minimum Gasteiger partial charge on any atom is -0.327 e. The third-order valence-corrected chi connectivity index (χ3v) is 1.12. The Hall–Kier alpha value is -1.38.